The molecule has 166 valence electrons. The van der Waals surface area contributed by atoms with Gasteiger partial charge in [-0.1, -0.05) is 36.4 Å². The molecule has 0 unspecified atom stereocenters. The third kappa shape index (κ3) is 3.73. The van der Waals surface area contributed by atoms with Crippen molar-refractivity contribution in [2.45, 2.75) is 12.7 Å². The lowest BCUT2D eigenvalue weighted by molar-refractivity contribution is -0.141. The minimum absolute atomic E-state index is 0.128. The maximum absolute atomic E-state index is 13.3. The van der Waals surface area contributed by atoms with Crippen molar-refractivity contribution in [1.29, 1.82) is 0 Å². The normalized spacial score (nSPS) is 11.9. The number of fused-ring (bicyclic) bond motifs is 2. The van der Waals surface area contributed by atoms with Crippen molar-refractivity contribution in [3.63, 3.8) is 0 Å². The molecule has 0 fully saturated rings. The first-order valence-electron chi connectivity index (χ1n) is 10.2. The lowest BCUT2D eigenvalue weighted by Gasteiger charge is -2.13. The summed E-state index contributed by atoms with van der Waals surface area (Å²) in [6.07, 6.45) is -4.58. The van der Waals surface area contributed by atoms with Gasteiger partial charge in [-0.2, -0.15) is 22.8 Å². The van der Waals surface area contributed by atoms with Crippen LogP contribution in [0.2, 0.25) is 0 Å². The first-order chi connectivity index (χ1) is 15.8. The molecule has 5 rings (SSSR count). The Balaban J connectivity index is 1.66. The molecule has 0 atom stereocenters. The fraction of sp³-hybridized carbons (Fsp3) is 0.120. The smallest absolute Gasteiger partial charge is 0.435 e. The molecule has 0 aliphatic carbocycles. The van der Waals surface area contributed by atoms with Crippen molar-refractivity contribution in [1.82, 2.24) is 14.2 Å². The van der Waals surface area contributed by atoms with Gasteiger partial charge in [0, 0.05) is 17.7 Å². The molecule has 3 heterocycles. The fourth-order valence-corrected chi connectivity index (χ4v) is 3.99. The molecule has 0 N–H and O–H groups in total. The number of hydrogen-bond donors (Lipinski definition) is 0. The van der Waals surface area contributed by atoms with E-state index in [9.17, 15) is 18.0 Å². The highest BCUT2D eigenvalue weighted by molar-refractivity contribution is 5.89. The number of ether oxygens (including phenoxy) is 1. The zero-order chi connectivity index (χ0) is 23.2. The van der Waals surface area contributed by atoms with Gasteiger partial charge in [0.25, 0.3) is 5.56 Å². The van der Waals surface area contributed by atoms with Crippen molar-refractivity contribution in [2.75, 3.05) is 7.11 Å². The molecule has 0 spiro atoms. The van der Waals surface area contributed by atoms with Crippen molar-refractivity contribution in [3.05, 3.63) is 100 Å². The molecule has 5 aromatic rings. The van der Waals surface area contributed by atoms with Crippen LogP contribution in [0.4, 0.5) is 13.2 Å². The summed E-state index contributed by atoms with van der Waals surface area (Å²) < 4.78 is 48.0. The summed E-state index contributed by atoms with van der Waals surface area (Å²) in [5.41, 5.74) is 2.16. The van der Waals surface area contributed by atoms with Crippen LogP contribution in [0, 0.1) is 0 Å². The highest BCUT2D eigenvalue weighted by Crippen LogP contribution is 2.35. The zero-order valence-corrected chi connectivity index (χ0v) is 17.5. The van der Waals surface area contributed by atoms with Crippen LogP contribution < -0.4 is 10.3 Å². The van der Waals surface area contributed by atoms with E-state index in [1.54, 1.807) is 28.8 Å². The molecule has 8 heteroatoms. The third-order valence-electron chi connectivity index (χ3n) is 5.57. The number of rotatable bonds is 4. The van der Waals surface area contributed by atoms with E-state index in [0.717, 1.165) is 27.0 Å². The summed E-state index contributed by atoms with van der Waals surface area (Å²) in [5, 5.41) is 4.50. The Hall–Kier alpha value is -4.07. The Morgan fingerprint density at radius 2 is 1.70 bits per heavy atom. The highest BCUT2D eigenvalue weighted by atomic mass is 19.4. The lowest BCUT2D eigenvalue weighted by atomic mass is 10.0. The van der Waals surface area contributed by atoms with Crippen molar-refractivity contribution in [2.24, 2.45) is 0 Å². The summed E-state index contributed by atoms with van der Waals surface area (Å²) in [6.45, 7) is 0.417. The van der Waals surface area contributed by atoms with Crippen LogP contribution >= 0.6 is 0 Å². The fourth-order valence-electron chi connectivity index (χ4n) is 3.99. The van der Waals surface area contributed by atoms with Gasteiger partial charge in [0.15, 0.2) is 5.69 Å². The number of benzene rings is 2. The van der Waals surface area contributed by atoms with Crippen molar-refractivity contribution < 1.29 is 17.9 Å². The highest BCUT2D eigenvalue weighted by Gasteiger charge is 2.34. The van der Waals surface area contributed by atoms with Crippen LogP contribution in [0.1, 0.15) is 11.3 Å². The minimum Gasteiger partial charge on any atom is -0.481 e. The molecule has 0 saturated heterocycles. The molecule has 3 aromatic heterocycles. The van der Waals surface area contributed by atoms with E-state index >= 15 is 0 Å². The molecule has 0 aliphatic rings. The van der Waals surface area contributed by atoms with Crippen LogP contribution in [0.3, 0.4) is 0 Å². The van der Waals surface area contributed by atoms with Gasteiger partial charge in [-0.15, -0.1) is 0 Å². The van der Waals surface area contributed by atoms with Gasteiger partial charge in [-0.3, -0.25) is 4.79 Å². The maximum Gasteiger partial charge on any atom is 0.435 e. The molecule has 0 aliphatic heterocycles. The average Bonchev–Trinajstić information content (AvgIpc) is 3.27. The Morgan fingerprint density at radius 3 is 2.42 bits per heavy atom. The van der Waals surface area contributed by atoms with E-state index in [0.29, 0.717) is 17.7 Å². The molecular weight excluding hydrogens is 431 g/mol. The van der Waals surface area contributed by atoms with E-state index < -0.39 is 11.9 Å². The molecule has 5 nitrogen and oxygen atoms in total. The standard InChI is InChI=1S/C25H18F3N3O2/c1-33-24-12-9-19(21-14-22(25(26,27)28)29-31(21)24)17-7-10-20-18(13-17)8-11-23(32)30(20)15-16-5-3-2-4-6-16/h2-14H,15H2,1H3. The monoisotopic (exact) mass is 449 g/mol. The molecule has 0 saturated carbocycles. The summed E-state index contributed by atoms with van der Waals surface area (Å²) in [5.74, 6) is 0.196. The largest absolute Gasteiger partial charge is 0.481 e. The van der Waals surface area contributed by atoms with Crippen LogP contribution in [0.15, 0.2) is 83.7 Å². The van der Waals surface area contributed by atoms with Crippen molar-refractivity contribution in [3.8, 4) is 17.0 Å². The second-order valence-electron chi connectivity index (χ2n) is 7.63. The molecular formula is C25H18F3N3O2. The van der Waals surface area contributed by atoms with Crippen LogP contribution in [0.25, 0.3) is 27.5 Å². The van der Waals surface area contributed by atoms with Crippen LogP contribution in [0.5, 0.6) is 5.88 Å². The quantitative estimate of drug-likeness (QED) is 0.370. The van der Waals surface area contributed by atoms with Gasteiger partial charge < -0.3 is 9.30 Å². The second-order valence-corrected chi connectivity index (χ2v) is 7.63. The first-order valence-corrected chi connectivity index (χ1v) is 10.2. The zero-order valence-electron chi connectivity index (χ0n) is 17.5. The van der Waals surface area contributed by atoms with Gasteiger partial charge in [0.2, 0.25) is 5.88 Å². The Kier molecular flexibility index (Phi) is 4.92. The van der Waals surface area contributed by atoms with E-state index in [4.69, 9.17) is 4.74 Å². The Bertz CT molecular complexity index is 1540. The molecule has 33 heavy (non-hydrogen) atoms. The second kappa shape index (κ2) is 7.81. The van der Waals surface area contributed by atoms with E-state index in [1.807, 2.05) is 42.5 Å². The van der Waals surface area contributed by atoms with Crippen LogP contribution in [-0.4, -0.2) is 21.3 Å². The predicted octanol–water partition coefficient (Wildman–Crippen LogP) is 5.39. The van der Waals surface area contributed by atoms with Gasteiger partial charge >= 0.3 is 6.18 Å². The molecule has 0 amide bonds. The molecule has 0 bridgehead atoms. The maximum atomic E-state index is 13.3. The number of nitrogens with zero attached hydrogens (tertiary/aromatic N) is 3. The van der Waals surface area contributed by atoms with Gasteiger partial charge in [-0.25, -0.2) is 0 Å². The Morgan fingerprint density at radius 1 is 0.909 bits per heavy atom. The van der Waals surface area contributed by atoms with Crippen LogP contribution in [-0.2, 0) is 12.7 Å². The molecule has 0 radical (unpaired) electrons. The Labute approximate surface area is 186 Å². The van der Waals surface area contributed by atoms with Gasteiger partial charge in [0.05, 0.1) is 24.7 Å². The third-order valence-corrected chi connectivity index (χ3v) is 5.57. The van der Waals surface area contributed by atoms with E-state index in [-0.39, 0.29) is 17.0 Å². The number of pyridine rings is 2. The topological polar surface area (TPSA) is 48.5 Å². The lowest BCUT2D eigenvalue weighted by Crippen LogP contribution is -2.19. The number of methoxy groups -OCH3 is 1. The summed E-state index contributed by atoms with van der Waals surface area (Å²) in [6, 6.07) is 22.6. The van der Waals surface area contributed by atoms with Gasteiger partial charge in [0.1, 0.15) is 0 Å². The number of hydrogen-bond acceptors (Lipinski definition) is 3. The summed E-state index contributed by atoms with van der Waals surface area (Å²) >= 11 is 0. The first kappa shape index (κ1) is 20.8. The van der Waals surface area contributed by atoms with E-state index in [1.165, 1.54) is 13.2 Å². The van der Waals surface area contributed by atoms with Gasteiger partial charge in [-0.05, 0) is 46.8 Å². The SMILES string of the molecule is COc1ccc(-c2ccc3c(ccc(=O)n3Cc3ccccc3)c2)c2cc(C(F)(F)F)nn12. The minimum atomic E-state index is -4.58. The predicted molar refractivity (Wildman–Crippen MR) is 119 cm³/mol. The average molecular weight is 449 g/mol. The van der Waals surface area contributed by atoms with Crippen molar-refractivity contribution >= 4 is 16.4 Å². The summed E-state index contributed by atoms with van der Waals surface area (Å²) in [7, 11) is 1.38. The number of alkyl halides is 3. The van der Waals surface area contributed by atoms with E-state index in [2.05, 4.69) is 5.10 Å². The summed E-state index contributed by atoms with van der Waals surface area (Å²) in [4.78, 5) is 12.6. The molecule has 2 aromatic carbocycles. The number of aromatic nitrogens is 3. The number of halogens is 3.